The monoisotopic (exact) mass is 339 g/mol. The molecule has 2 aromatic rings. The smallest absolute Gasteiger partial charge is 0.337 e. The summed E-state index contributed by atoms with van der Waals surface area (Å²) in [6.45, 7) is 1.63. The minimum absolute atomic E-state index is 0.00585. The fourth-order valence-corrected chi connectivity index (χ4v) is 2.83. The molecule has 0 atom stereocenters. The van der Waals surface area contributed by atoms with Gasteiger partial charge in [-0.25, -0.2) is 9.78 Å². The number of amides is 1. The number of hydrogen-bond donors (Lipinski definition) is 1. The van der Waals surface area contributed by atoms with Crippen molar-refractivity contribution in [2.75, 3.05) is 25.5 Å². The van der Waals surface area contributed by atoms with Gasteiger partial charge in [-0.2, -0.15) is 0 Å². The normalized spacial score (nSPS) is 14.0. The number of benzene rings is 1. The van der Waals surface area contributed by atoms with E-state index in [0.717, 1.165) is 37.3 Å². The summed E-state index contributed by atoms with van der Waals surface area (Å²) >= 11 is 0. The molecule has 130 valence electrons. The summed E-state index contributed by atoms with van der Waals surface area (Å²) in [6, 6.07) is 10.5. The topological polar surface area (TPSA) is 71.5 Å². The molecule has 1 saturated heterocycles. The Bertz CT molecular complexity index is 736. The molecule has 1 amide bonds. The van der Waals surface area contributed by atoms with Crippen LogP contribution in [0.4, 0.5) is 11.4 Å². The standard InChI is InChI=1S/C19H21N3O3/c1-25-19(24)14-5-7-15(8-6-14)21-16-9-10-17(20-13-16)18(23)22-11-3-2-4-12-22/h5-10,13,21H,2-4,11-12H2,1H3. The van der Waals surface area contributed by atoms with Crippen molar-refractivity contribution in [1.82, 2.24) is 9.88 Å². The number of nitrogens with one attached hydrogen (secondary N) is 1. The number of piperidine rings is 1. The lowest BCUT2D eigenvalue weighted by Crippen LogP contribution is -2.36. The van der Waals surface area contributed by atoms with Crippen LogP contribution in [0.3, 0.4) is 0 Å². The first kappa shape index (κ1) is 17.0. The minimum Gasteiger partial charge on any atom is -0.465 e. The average Bonchev–Trinajstić information content (AvgIpc) is 2.68. The maximum atomic E-state index is 12.4. The molecule has 3 rings (SSSR count). The summed E-state index contributed by atoms with van der Waals surface area (Å²) in [5, 5.41) is 3.19. The van der Waals surface area contributed by atoms with E-state index in [1.807, 2.05) is 11.0 Å². The minimum atomic E-state index is -0.367. The van der Waals surface area contributed by atoms with Gasteiger partial charge in [-0.1, -0.05) is 0 Å². The number of pyridine rings is 1. The molecule has 0 saturated carbocycles. The molecule has 6 nitrogen and oxygen atoms in total. The Morgan fingerprint density at radius 1 is 1.00 bits per heavy atom. The maximum absolute atomic E-state index is 12.4. The Morgan fingerprint density at radius 2 is 1.68 bits per heavy atom. The van der Waals surface area contributed by atoms with Crippen LogP contribution in [0, 0.1) is 0 Å². The number of hydrogen-bond acceptors (Lipinski definition) is 5. The van der Waals surface area contributed by atoms with E-state index in [4.69, 9.17) is 0 Å². The van der Waals surface area contributed by atoms with E-state index in [2.05, 4.69) is 15.0 Å². The largest absolute Gasteiger partial charge is 0.465 e. The Kier molecular flexibility index (Phi) is 5.28. The molecule has 0 radical (unpaired) electrons. The van der Waals surface area contributed by atoms with Gasteiger partial charge in [-0.05, 0) is 55.7 Å². The van der Waals surface area contributed by atoms with Crippen LogP contribution in [0.5, 0.6) is 0 Å². The van der Waals surface area contributed by atoms with Crippen LogP contribution in [0.25, 0.3) is 0 Å². The number of esters is 1. The van der Waals surface area contributed by atoms with E-state index >= 15 is 0 Å². The highest BCUT2D eigenvalue weighted by atomic mass is 16.5. The van der Waals surface area contributed by atoms with Crippen molar-refractivity contribution in [2.45, 2.75) is 19.3 Å². The predicted molar refractivity (Wildman–Crippen MR) is 95.1 cm³/mol. The summed E-state index contributed by atoms with van der Waals surface area (Å²) in [4.78, 5) is 30.0. The molecule has 25 heavy (non-hydrogen) atoms. The van der Waals surface area contributed by atoms with E-state index < -0.39 is 0 Å². The Labute approximate surface area is 146 Å². The van der Waals surface area contributed by atoms with Crippen molar-refractivity contribution in [3.8, 4) is 0 Å². The van der Waals surface area contributed by atoms with Gasteiger partial charge >= 0.3 is 5.97 Å². The highest BCUT2D eigenvalue weighted by Crippen LogP contribution is 2.18. The van der Waals surface area contributed by atoms with Crippen LogP contribution < -0.4 is 5.32 Å². The third-order valence-electron chi connectivity index (χ3n) is 4.22. The fourth-order valence-electron chi connectivity index (χ4n) is 2.83. The quantitative estimate of drug-likeness (QED) is 0.866. The lowest BCUT2D eigenvalue weighted by atomic mass is 10.1. The van der Waals surface area contributed by atoms with Gasteiger partial charge in [-0.15, -0.1) is 0 Å². The van der Waals surface area contributed by atoms with E-state index in [1.165, 1.54) is 13.5 Å². The summed E-state index contributed by atoms with van der Waals surface area (Å²) in [7, 11) is 1.35. The van der Waals surface area contributed by atoms with Crippen molar-refractivity contribution in [2.24, 2.45) is 0 Å². The van der Waals surface area contributed by atoms with Crippen LogP contribution in [0.15, 0.2) is 42.6 Å². The van der Waals surface area contributed by atoms with Gasteiger partial charge in [0.25, 0.3) is 5.91 Å². The zero-order valence-electron chi connectivity index (χ0n) is 14.2. The number of carbonyl (C=O) groups excluding carboxylic acids is 2. The number of ether oxygens (including phenoxy) is 1. The van der Waals surface area contributed by atoms with Gasteiger partial charge in [-0.3, -0.25) is 4.79 Å². The van der Waals surface area contributed by atoms with Gasteiger partial charge in [0.15, 0.2) is 0 Å². The van der Waals surface area contributed by atoms with E-state index in [0.29, 0.717) is 11.3 Å². The molecule has 1 fully saturated rings. The molecule has 1 N–H and O–H groups in total. The summed E-state index contributed by atoms with van der Waals surface area (Å²) in [5.41, 5.74) is 2.56. The number of carbonyl (C=O) groups is 2. The Morgan fingerprint density at radius 3 is 2.28 bits per heavy atom. The van der Waals surface area contributed by atoms with Gasteiger partial charge in [0.05, 0.1) is 24.6 Å². The first-order chi connectivity index (χ1) is 12.2. The van der Waals surface area contributed by atoms with Gasteiger partial charge < -0.3 is 15.0 Å². The Hall–Kier alpha value is -2.89. The molecular weight excluding hydrogens is 318 g/mol. The maximum Gasteiger partial charge on any atom is 0.337 e. The molecular formula is C19H21N3O3. The van der Waals surface area contributed by atoms with Crippen LogP contribution in [-0.2, 0) is 4.74 Å². The molecule has 2 heterocycles. The molecule has 1 aliphatic heterocycles. The number of anilines is 2. The molecule has 0 bridgehead atoms. The van der Waals surface area contributed by atoms with Gasteiger partial charge in [0.1, 0.15) is 5.69 Å². The van der Waals surface area contributed by atoms with Crippen LogP contribution >= 0.6 is 0 Å². The molecule has 0 unspecified atom stereocenters. The summed E-state index contributed by atoms with van der Waals surface area (Å²) in [5.74, 6) is -0.373. The fraction of sp³-hybridized carbons (Fsp3) is 0.316. The second-order valence-electron chi connectivity index (χ2n) is 5.98. The molecule has 0 aliphatic carbocycles. The van der Waals surface area contributed by atoms with Crippen molar-refractivity contribution in [1.29, 1.82) is 0 Å². The Balaban J connectivity index is 1.64. The number of methoxy groups -OCH3 is 1. The van der Waals surface area contributed by atoms with Crippen molar-refractivity contribution >= 4 is 23.3 Å². The molecule has 0 spiro atoms. The second-order valence-corrected chi connectivity index (χ2v) is 5.98. The average molecular weight is 339 g/mol. The summed E-state index contributed by atoms with van der Waals surface area (Å²) in [6.07, 6.45) is 4.96. The van der Waals surface area contributed by atoms with E-state index in [1.54, 1.807) is 36.5 Å². The SMILES string of the molecule is COC(=O)c1ccc(Nc2ccc(C(=O)N3CCCCC3)nc2)cc1. The first-order valence-electron chi connectivity index (χ1n) is 8.38. The van der Waals surface area contributed by atoms with Crippen LogP contribution in [0.1, 0.15) is 40.1 Å². The van der Waals surface area contributed by atoms with E-state index in [9.17, 15) is 9.59 Å². The third kappa shape index (κ3) is 4.15. The van der Waals surface area contributed by atoms with Gasteiger partial charge in [0.2, 0.25) is 0 Å². The molecule has 1 aromatic heterocycles. The highest BCUT2D eigenvalue weighted by molar-refractivity contribution is 5.92. The second kappa shape index (κ2) is 7.79. The van der Waals surface area contributed by atoms with Crippen molar-refractivity contribution in [3.05, 3.63) is 53.9 Å². The van der Waals surface area contributed by atoms with Gasteiger partial charge in [0, 0.05) is 18.8 Å². The third-order valence-corrected chi connectivity index (χ3v) is 4.22. The van der Waals surface area contributed by atoms with Crippen LogP contribution in [-0.4, -0.2) is 42.0 Å². The zero-order chi connectivity index (χ0) is 17.6. The zero-order valence-corrected chi connectivity index (χ0v) is 14.2. The number of nitrogens with zero attached hydrogens (tertiary/aromatic N) is 2. The number of rotatable bonds is 4. The highest BCUT2D eigenvalue weighted by Gasteiger charge is 2.18. The predicted octanol–water partition coefficient (Wildman–Crippen LogP) is 3.24. The first-order valence-corrected chi connectivity index (χ1v) is 8.38. The lowest BCUT2D eigenvalue weighted by molar-refractivity contribution is 0.0600. The van der Waals surface area contributed by atoms with Crippen molar-refractivity contribution < 1.29 is 14.3 Å². The lowest BCUT2D eigenvalue weighted by Gasteiger charge is -2.26. The number of likely N-dealkylation sites (tertiary alicyclic amines) is 1. The molecule has 1 aromatic carbocycles. The molecule has 6 heteroatoms. The van der Waals surface area contributed by atoms with Crippen molar-refractivity contribution in [3.63, 3.8) is 0 Å². The molecule has 1 aliphatic rings. The number of aromatic nitrogens is 1. The summed E-state index contributed by atoms with van der Waals surface area (Å²) < 4.78 is 4.67. The van der Waals surface area contributed by atoms with Crippen LogP contribution in [0.2, 0.25) is 0 Å². The van der Waals surface area contributed by atoms with E-state index in [-0.39, 0.29) is 11.9 Å².